The number of aliphatic carboxylic acids is 1. The topological polar surface area (TPSA) is 149 Å². The van der Waals surface area contributed by atoms with Crippen LogP contribution >= 0.6 is 0 Å². The largest absolute Gasteiger partial charge is 0.479 e. The smallest absolute Gasteiger partial charge is 0.331 e. The molecule has 11 nitrogen and oxygen atoms in total. The first-order valence-electron chi connectivity index (χ1n) is 10.6. The lowest BCUT2D eigenvalue weighted by atomic mass is 9.91. The Balaban J connectivity index is 1.62. The molecule has 3 heterocycles. The molecule has 2 aromatic heterocycles. The molecule has 11 heteroatoms. The van der Waals surface area contributed by atoms with Crippen LogP contribution in [-0.2, 0) is 27.3 Å². The van der Waals surface area contributed by atoms with Gasteiger partial charge in [0, 0.05) is 19.2 Å². The molecule has 0 saturated carbocycles. The molecule has 1 aliphatic heterocycles. The number of benzene rings is 1. The van der Waals surface area contributed by atoms with Crippen LogP contribution in [0.25, 0.3) is 0 Å². The molecule has 0 spiro atoms. The maximum absolute atomic E-state index is 13.6. The van der Waals surface area contributed by atoms with Gasteiger partial charge >= 0.3 is 5.97 Å². The fourth-order valence-corrected chi connectivity index (χ4v) is 4.17. The Labute approximate surface area is 189 Å². The van der Waals surface area contributed by atoms with E-state index < -0.39 is 29.9 Å². The van der Waals surface area contributed by atoms with Gasteiger partial charge in [0.2, 0.25) is 11.8 Å². The number of carbonyl (C=O) groups excluding carboxylic acids is 2. The number of carboxylic acids is 1. The average Bonchev–Trinajstić information content (AvgIpc) is 3.41. The SMILES string of the molecule is Cc1cnn(Cc2cn([C@@H](CCC(N)=O)C(=O)N3CCc4ccccc4C3C(=O)O)nn2)c1. The van der Waals surface area contributed by atoms with Gasteiger partial charge in [-0.05, 0) is 36.5 Å². The summed E-state index contributed by atoms with van der Waals surface area (Å²) in [6.45, 7) is 2.53. The Bertz CT molecular complexity index is 1180. The molecular formula is C22H25N7O4. The van der Waals surface area contributed by atoms with Crippen LogP contribution in [0, 0.1) is 6.92 Å². The third-order valence-corrected chi connectivity index (χ3v) is 5.71. The minimum Gasteiger partial charge on any atom is -0.479 e. The number of amides is 2. The molecule has 2 atom stereocenters. The first-order chi connectivity index (χ1) is 15.8. The number of hydrogen-bond acceptors (Lipinski definition) is 6. The first kappa shape index (κ1) is 22.2. The molecular weight excluding hydrogens is 426 g/mol. The zero-order valence-corrected chi connectivity index (χ0v) is 18.2. The molecule has 0 saturated heterocycles. The summed E-state index contributed by atoms with van der Waals surface area (Å²) in [5.41, 5.74) is 8.40. The van der Waals surface area contributed by atoms with Crippen LogP contribution in [0.3, 0.4) is 0 Å². The van der Waals surface area contributed by atoms with Crippen LogP contribution in [0.1, 0.15) is 47.3 Å². The van der Waals surface area contributed by atoms with Crippen molar-refractivity contribution in [2.45, 2.75) is 44.8 Å². The Morgan fingerprint density at radius 3 is 2.73 bits per heavy atom. The van der Waals surface area contributed by atoms with Gasteiger partial charge < -0.3 is 15.7 Å². The summed E-state index contributed by atoms with van der Waals surface area (Å²) in [6.07, 6.45) is 5.78. The molecule has 1 aliphatic rings. The lowest BCUT2D eigenvalue weighted by Gasteiger charge is -2.36. The third kappa shape index (κ3) is 4.76. The van der Waals surface area contributed by atoms with E-state index in [1.54, 1.807) is 29.2 Å². The summed E-state index contributed by atoms with van der Waals surface area (Å²) in [7, 11) is 0. The molecule has 3 N–H and O–H groups in total. The van der Waals surface area contributed by atoms with Gasteiger partial charge in [0.1, 0.15) is 11.7 Å². The van der Waals surface area contributed by atoms with E-state index in [9.17, 15) is 19.5 Å². The summed E-state index contributed by atoms with van der Waals surface area (Å²) >= 11 is 0. The molecule has 0 aliphatic carbocycles. The lowest BCUT2D eigenvalue weighted by Crippen LogP contribution is -2.46. The van der Waals surface area contributed by atoms with E-state index in [0.717, 1.165) is 11.1 Å². The van der Waals surface area contributed by atoms with Crippen molar-refractivity contribution >= 4 is 17.8 Å². The highest BCUT2D eigenvalue weighted by molar-refractivity contribution is 5.88. The van der Waals surface area contributed by atoms with Gasteiger partial charge in [0.15, 0.2) is 6.04 Å². The molecule has 0 bridgehead atoms. The number of fused-ring (bicyclic) bond motifs is 1. The first-order valence-corrected chi connectivity index (χ1v) is 10.6. The van der Waals surface area contributed by atoms with Crippen LogP contribution in [0.15, 0.2) is 42.9 Å². The Kier molecular flexibility index (Phi) is 6.20. The molecule has 1 aromatic carbocycles. The number of rotatable bonds is 8. The van der Waals surface area contributed by atoms with E-state index in [2.05, 4.69) is 15.4 Å². The van der Waals surface area contributed by atoms with Crippen molar-refractivity contribution in [2.75, 3.05) is 6.54 Å². The summed E-state index contributed by atoms with van der Waals surface area (Å²) in [5, 5.41) is 22.4. The summed E-state index contributed by atoms with van der Waals surface area (Å²) in [5.74, 6) is -2.11. The van der Waals surface area contributed by atoms with Crippen molar-refractivity contribution < 1.29 is 19.5 Å². The highest BCUT2D eigenvalue weighted by Crippen LogP contribution is 2.32. The summed E-state index contributed by atoms with van der Waals surface area (Å²) in [6, 6.07) is 5.18. The molecule has 2 amide bonds. The number of carboxylic acid groups (broad SMARTS) is 1. The minimum atomic E-state index is -1.12. The zero-order valence-electron chi connectivity index (χ0n) is 18.2. The number of primary amides is 1. The van der Waals surface area contributed by atoms with E-state index in [4.69, 9.17) is 5.73 Å². The molecule has 33 heavy (non-hydrogen) atoms. The number of carbonyl (C=O) groups is 3. The normalized spacial score (nSPS) is 16.3. The Morgan fingerprint density at radius 2 is 2.03 bits per heavy atom. The molecule has 0 fully saturated rings. The average molecular weight is 451 g/mol. The van der Waals surface area contributed by atoms with E-state index in [1.165, 1.54) is 9.58 Å². The van der Waals surface area contributed by atoms with Gasteiger partial charge in [-0.25, -0.2) is 9.48 Å². The van der Waals surface area contributed by atoms with Gasteiger partial charge in [-0.3, -0.25) is 14.3 Å². The van der Waals surface area contributed by atoms with E-state index >= 15 is 0 Å². The van der Waals surface area contributed by atoms with Crippen molar-refractivity contribution in [3.8, 4) is 0 Å². The fraction of sp³-hybridized carbons (Fsp3) is 0.364. The van der Waals surface area contributed by atoms with Gasteiger partial charge in [0.05, 0.1) is 18.9 Å². The van der Waals surface area contributed by atoms with E-state index in [0.29, 0.717) is 24.2 Å². The number of nitrogens with two attached hydrogens (primary N) is 1. The molecule has 172 valence electrons. The highest BCUT2D eigenvalue weighted by Gasteiger charge is 2.39. The van der Waals surface area contributed by atoms with E-state index in [-0.39, 0.29) is 19.4 Å². The van der Waals surface area contributed by atoms with Crippen LogP contribution in [0.2, 0.25) is 0 Å². The molecule has 1 unspecified atom stereocenters. The Morgan fingerprint density at radius 1 is 1.24 bits per heavy atom. The summed E-state index contributed by atoms with van der Waals surface area (Å²) in [4.78, 5) is 38.6. The zero-order chi connectivity index (χ0) is 23.5. The predicted molar refractivity (Wildman–Crippen MR) is 116 cm³/mol. The van der Waals surface area contributed by atoms with E-state index in [1.807, 2.05) is 25.3 Å². The van der Waals surface area contributed by atoms with Crippen molar-refractivity contribution in [1.29, 1.82) is 0 Å². The second kappa shape index (κ2) is 9.23. The fourth-order valence-electron chi connectivity index (χ4n) is 4.17. The highest BCUT2D eigenvalue weighted by atomic mass is 16.4. The minimum absolute atomic E-state index is 0.0495. The summed E-state index contributed by atoms with van der Waals surface area (Å²) < 4.78 is 3.09. The molecule has 0 radical (unpaired) electrons. The van der Waals surface area contributed by atoms with Gasteiger partial charge in [-0.2, -0.15) is 5.10 Å². The second-order valence-electron chi connectivity index (χ2n) is 8.15. The van der Waals surface area contributed by atoms with Crippen molar-refractivity contribution in [2.24, 2.45) is 5.73 Å². The van der Waals surface area contributed by atoms with Crippen molar-refractivity contribution in [3.63, 3.8) is 0 Å². The number of aryl methyl sites for hydroxylation is 1. The standard InChI is InChI=1S/C22H25N7O4/c1-14-10-24-27(11-14)12-16-13-29(26-25-16)18(6-7-19(23)30)21(31)28-9-8-15-4-2-3-5-17(15)20(28)22(32)33/h2-5,10-11,13,18,20H,6-9,12H2,1H3,(H2,23,30)(H,32,33)/t18-,20?/m0/s1. The third-order valence-electron chi connectivity index (χ3n) is 5.71. The van der Waals surface area contributed by atoms with Crippen molar-refractivity contribution in [3.05, 3.63) is 65.2 Å². The maximum Gasteiger partial charge on any atom is 0.331 e. The monoisotopic (exact) mass is 451 g/mol. The number of aromatic nitrogens is 5. The van der Waals surface area contributed by atoms with Crippen LogP contribution < -0.4 is 5.73 Å². The Hall–Kier alpha value is -4.02. The quantitative estimate of drug-likeness (QED) is 0.515. The molecule has 4 rings (SSSR count). The van der Waals surface area contributed by atoms with Crippen molar-refractivity contribution in [1.82, 2.24) is 29.7 Å². The number of hydrogen-bond donors (Lipinski definition) is 2. The van der Waals surface area contributed by atoms with Crippen LogP contribution in [0.5, 0.6) is 0 Å². The number of nitrogens with zero attached hydrogens (tertiary/aromatic N) is 6. The van der Waals surface area contributed by atoms with Gasteiger partial charge in [0.25, 0.3) is 0 Å². The van der Waals surface area contributed by atoms with Crippen LogP contribution in [0.4, 0.5) is 0 Å². The molecule has 3 aromatic rings. The maximum atomic E-state index is 13.6. The van der Waals surface area contributed by atoms with Crippen LogP contribution in [-0.4, -0.2) is 59.1 Å². The predicted octanol–water partition coefficient (Wildman–Crippen LogP) is 0.849. The lowest BCUT2D eigenvalue weighted by molar-refractivity contribution is -0.153. The second-order valence-corrected chi connectivity index (χ2v) is 8.15. The van der Waals surface area contributed by atoms with Gasteiger partial charge in [-0.1, -0.05) is 29.5 Å². The van der Waals surface area contributed by atoms with Gasteiger partial charge in [-0.15, -0.1) is 5.10 Å².